The molecule has 2 N–H and O–H groups in total. The van der Waals surface area contributed by atoms with Crippen LogP contribution in [0.15, 0.2) is 29.8 Å². The average Bonchev–Trinajstić information content (AvgIpc) is 3.28. The predicted molar refractivity (Wildman–Crippen MR) is 92.6 cm³/mol. The van der Waals surface area contributed by atoms with Crippen LogP contribution in [-0.4, -0.2) is 46.7 Å². The van der Waals surface area contributed by atoms with Gasteiger partial charge in [0.05, 0.1) is 6.04 Å². The lowest BCUT2D eigenvalue weighted by atomic mass is 9.94. The molecule has 1 saturated heterocycles. The van der Waals surface area contributed by atoms with E-state index in [9.17, 15) is 4.79 Å². The fraction of sp³-hybridized carbons (Fsp3) is 0.529. The van der Waals surface area contributed by atoms with Crippen LogP contribution < -0.4 is 5.32 Å². The number of amides is 1. The summed E-state index contributed by atoms with van der Waals surface area (Å²) in [6, 6.07) is 6.12. The van der Waals surface area contributed by atoms with E-state index < -0.39 is 0 Å². The van der Waals surface area contributed by atoms with Crippen LogP contribution in [0, 0.1) is 0 Å². The molecule has 124 valence electrons. The number of aromatic amines is 1. The molecule has 23 heavy (non-hydrogen) atoms. The second-order valence-electron chi connectivity index (χ2n) is 6.14. The number of carbonyl (C=O) groups is 1. The van der Waals surface area contributed by atoms with E-state index in [-0.39, 0.29) is 11.9 Å². The number of likely N-dealkylation sites (tertiary alicyclic amines) is 1. The van der Waals surface area contributed by atoms with Crippen LogP contribution in [-0.2, 0) is 11.2 Å². The maximum absolute atomic E-state index is 12.4. The molecule has 0 saturated carbocycles. The van der Waals surface area contributed by atoms with Gasteiger partial charge in [0.25, 0.3) is 0 Å². The van der Waals surface area contributed by atoms with Gasteiger partial charge in [0.2, 0.25) is 5.91 Å². The first-order chi connectivity index (χ1) is 11.2. The highest BCUT2D eigenvalue weighted by Gasteiger charge is 2.28. The Bertz CT molecular complexity index is 596. The number of piperidine rings is 1. The highest BCUT2D eigenvalue weighted by atomic mass is 32.1. The number of nitrogens with one attached hydrogen (secondary N) is 2. The number of nitrogens with zero attached hydrogens (tertiary/aromatic N) is 2. The van der Waals surface area contributed by atoms with Crippen LogP contribution in [0.25, 0.3) is 0 Å². The molecular formula is C17H24N4OS. The minimum atomic E-state index is -0.0796. The SMILES string of the molecule is CC(C(=O)NCCc1cccs1)N1CCCC(c2ccn[nH]2)C1. The molecule has 5 nitrogen and oxygen atoms in total. The van der Waals surface area contributed by atoms with Gasteiger partial charge in [-0.05, 0) is 50.2 Å². The van der Waals surface area contributed by atoms with Gasteiger partial charge in [-0.2, -0.15) is 5.10 Å². The first-order valence-electron chi connectivity index (χ1n) is 8.27. The molecule has 1 amide bonds. The van der Waals surface area contributed by atoms with E-state index in [1.54, 1.807) is 17.5 Å². The number of rotatable bonds is 6. The molecule has 0 bridgehead atoms. The van der Waals surface area contributed by atoms with E-state index >= 15 is 0 Å². The van der Waals surface area contributed by atoms with Gasteiger partial charge in [0.1, 0.15) is 0 Å². The number of aromatic nitrogens is 2. The van der Waals surface area contributed by atoms with Crippen molar-refractivity contribution in [1.29, 1.82) is 0 Å². The molecule has 1 fully saturated rings. The van der Waals surface area contributed by atoms with E-state index in [2.05, 4.69) is 31.9 Å². The quantitative estimate of drug-likeness (QED) is 0.854. The second-order valence-corrected chi connectivity index (χ2v) is 7.17. The molecule has 1 aliphatic heterocycles. The number of hydrogen-bond acceptors (Lipinski definition) is 4. The summed E-state index contributed by atoms with van der Waals surface area (Å²) >= 11 is 1.74. The van der Waals surface area contributed by atoms with Crippen LogP contribution in [0.3, 0.4) is 0 Å². The summed E-state index contributed by atoms with van der Waals surface area (Å²) in [5, 5.41) is 12.3. The average molecular weight is 332 g/mol. The van der Waals surface area contributed by atoms with E-state index in [0.29, 0.717) is 12.5 Å². The Morgan fingerprint density at radius 2 is 2.48 bits per heavy atom. The fourth-order valence-electron chi connectivity index (χ4n) is 3.18. The molecule has 2 aromatic rings. The van der Waals surface area contributed by atoms with Crippen LogP contribution in [0.5, 0.6) is 0 Å². The Labute approximate surface area is 141 Å². The lowest BCUT2D eigenvalue weighted by Gasteiger charge is -2.35. The fourth-order valence-corrected chi connectivity index (χ4v) is 3.89. The largest absolute Gasteiger partial charge is 0.354 e. The van der Waals surface area contributed by atoms with E-state index in [4.69, 9.17) is 0 Å². The normalized spacial score (nSPS) is 20.3. The lowest BCUT2D eigenvalue weighted by molar-refractivity contribution is -0.126. The summed E-state index contributed by atoms with van der Waals surface area (Å²) in [7, 11) is 0. The van der Waals surface area contributed by atoms with E-state index in [0.717, 1.165) is 32.4 Å². The van der Waals surface area contributed by atoms with Gasteiger partial charge in [-0.3, -0.25) is 14.8 Å². The van der Waals surface area contributed by atoms with Crippen LogP contribution in [0.2, 0.25) is 0 Å². The Morgan fingerprint density at radius 1 is 1.57 bits per heavy atom. The molecule has 2 aromatic heterocycles. The minimum Gasteiger partial charge on any atom is -0.354 e. The Morgan fingerprint density at radius 3 is 3.22 bits per heavy atom. The minimum absolute atomic E-state index is 0.0796. The molecule has 3 rings (SSSR count). The van der Waals surface area contributed by atoms with Crippen molar-refractivity contribution in [2.75, 3.05) is 19.6 Å². The standard InChI is InChI=1S/C17H24N4OS/c1-13(17(22)18-8-6-15-5-3-11-23-15)21-10-2-4-14(12-21)16-7-9-19-20-16/h3,5,7,9,11,13-14H,2,4,6,8,10,12H2,1H3,(H,18,22)(H,19,20). The third kappa shape index (κ3) is 4.20. The van der Waals surface area contributed by atoms with Gasteiger partial charge >= 0.3 is 0 Å². The predicted octanol–water partition coefficient (Wildman–Crippen LogP) is 2.40. The van der Waals surface area contributed by atoms with Crippen LogP contribution in [0.1, 0.15) is 36.3 Å². The van der Waals surface area contributed by atoms with Gasteiger partial charge < -0.3 is 5.32 Å². The van der Waals surface area contributed by atoms with Crippen molar-refractivity contribution in [2.24, 2.45) is 0 Å². The summed E-state index contributed by atoms with van der Waals surface area (Å²) in [6.07, 6.45) is 4.99. The molecule has 0 aliphatic carbocycles. The van der Waals surface area contributed by atoms with Gasteiger partial charge in [-0.1, -0.05) is 6.07 Å². The Balaban J connectivity index is 1.48. The van der Waals surface area contributed by atoms with Crippen molar-refractivity contribution in [2.45, 2.75) is 38.1 Å². The zero-order chi connectivity index (χ0) is 16.1. The van der Waals surface area contributed by atoms with Crippen LogP contribution >= 0.6 is 11.3 Å². The zero-order valence-corrected chi connectivity index (χ0v) is 14.3. The molecule has 2 unspecified atom stereocenters. The highest BCUT2D eigenvalue weighted by Crippen LogP contribution is 2.26. The number of thiophene rings is 1. The van der Waals surface area contributed by atoms with Gasteiger partial charge in [-0.15, -0.1) is 11.3 Å². The first-order valence-corrected chi connectivity index (χ1v) is 9.15. The molecule has 0 spiro atoms. The molecule has 0 radical (unpaired) electrons. The second kappa shape index (κ2) is 7.75. The summed E-state index contributed by atoms with van der Waals surface area (Å²) in [5.41, 5.74) is 1.18. The first kappa shape index (κ1) is 16.2. The van der Waals surface area contributed by atoms with Crippen LogP contribution in [0.4, 0.5) is 0 Å². The summed E-state index contributed by atoms with van der Waals surface area (Å²) < 4.78 is 0. The lowest BCUT2D eigenvalue weighted by Crippen LogP contribution is -2.49. The molecule has 0 aromatic carbocycles. The highest BCUT2D eigenvalue weighted by molar-refractivity contribution is 7.09. The van der Waals surface area contributed by atoms with Crippen molar-refractivity contribution < 1.29 is 4.79 Å². The molecule has 1 aliphatic rings. The molecule has 2 atom stereocenters. The maximum atomic E-state index is 12.4. The Kier molecular flexibility index (Phi) is 5.46. The molecule has 3 heterocycles. The third-order valence-electron chi connectivity index (χ3n) is 4.59. The van der Waals surface area contributed by atoms with Crippen molar-refractivity contribution in [3.8, 4) is 0 Å². The number of carbonyl (C=O) groups excluding carboxylic acids is 1. The zero-order valence-electron chi connectivity index (χ0n) is 13.5. The smallest absolute Gasteiger partial charge is 0.237 e. The van der Waals surface area contributed by atoms with Crippen molar-refractivity contribution >= 4 is 17.2 Å². The van der Waals surface area contributed by atoms with Gasteiger partial charge in [0.15, 0.2) is 0 Å². The Hall–Kier alpha value is -1.66. The monoisotopic (exact) mass is 332 g/mol. The summed E-state index contributed by atoms with van der Waals surface area (Å²) in [4.78, 5) is 16.0. The molecule has 6 heteroatoms. The summed E-state index contributed by atoms with van der Waals surface area (Å²) in [6.45, 7) is 4.63. The van der Waals surface area contributed by atoms with Crippen molar-refractivity contribution in [3.63, 3.8) is 0 Å². The van der Waals surface area contributed by atoms with Gasteiger partial charge in [0, 0.05) is 35.8 Å². The maximum Gasteiger partial charge on any atom is 0.237 e. The molecular weight excluding hydrogens is 308 g/mol. The van der Waals surface area contributed by atoms with E-state index in [1.807, 2.05) is 19.1 Å². The van der Waals surface area contributed by atoms with Gasteiger partial charge in [-0.25, -0.2) is 0 Å². The number of hydrogen-bond donors (Lipinski definition) is 2. The topological polar surface area (TPSA) is 61.0 Å². The van der Waals surface area contributed by atoms with E-state index in [1.165, 1.54) is 10.6 Å². The number of H-pyrrole nitrogens is 1. The van der Waals surface area contributed by atoms with Crippen molar-refractivity contribution in [1.82, 2.24) is 20.4 Å². The third-order valence-corrected chi connectivity index (χ3v) is 5.53. The summed E-state index contributed by atoms with van der Waals surface area (Å²) in [5.74, 6) is 0.583. The van der Waals surface area contributed by atoms with Crippen molar-refractivity contribution in [3.05, 3.63) is 40.3 Å².